The second-order valence-electron chi connectivity index (χ2n) is 4.70. The predicted octanol–water partition coefficient (Wildman–Crippen LogP) is 3.77. The van der Waals surface area contributed by atoms with Crippen LogP contribution in [0.15, 0.2) is 15.8 Å². The third-order valence-corrected chi connectivity index (χ3v) is 5.43. The smallest absolute Gasteiger partial charge is 0.181 e. The number of thiazole rings is 2. The van der Waals surface area contributed by atoms with Crippen LogP contribution in [0.1, 0.15) is 31.5 Å². The Labute approximate surface area is 113 Å². The minimum atomic E-state index is 0.141. The average Bonchev–Trinajstić information content (AvgIpc) is 2.82. The lowest BCUT2D eigenvalue weighted by atomic mass is 9.98. The molecule has 2 aromatic rings. The van der Waals surface area contributed by atoms with Crippen LogP contribution < -0.4 is 5.73 Å². The Hall–Kier alpha value is -0.590. The number of nitrogen functional groups attached to an aromatic ring is 1. The van der Waals surface area contributed by atoms with E-state index in [1.165, 1.54) is 16.3 Å². The first kappa shape index (κ1) is 12.9. The first-order chi connectivity index (χ1) is 7.95. The van der Waals surface area contributed by atoms with Gasteiger partial charge in [-0.25, -0.2) is 9.97 Å². The highest BCUT2D eigenvalue weighted by molar-refractivity contribution is 8.00. The molecular formula is C11H15N3S3. The first-order valence-electron chi connectivity index (χ1n) is 5.24. The highest BCUT2D eigenvalue weighted by Crippen LogP contribution is 2.31. The SMILES string of the molecule is CC(C)(C)c1nc(CSc2cnc(N)s2)cs1. The van der Waals surface area contributed by atoms with Gasteiger partial charge in [0, 0.05) is 16.5 Å². The second kappa shape index (κ2) is 4.96. The van der Waals surface area contributed by atoms with Gasteiger partial charge in [-0.05, 0) is 0 Å². The molecule has 2 heterocycles. The van der Waals surface area contributed by atoms with Gasteiger partial charge in [0.1, 0.15) is 0 Å². The molecule has 0 spiro atoms. The summed E-state index contributed by atoms with van der Waals surface area (Å²) in [7, 11) is 0. The fourth-order valence-corrected chi connectivity index (χ4v) is 3.87. The topological polar surface area (TPSA) is 51.8 Å². The Morgan fingerprint density at radius 3 is 2.71 bits per heavy atom. The third-order valence-electron chi connectivity index (χ3n) is 2.06. The van der Waals surface area contributed by atoms with Gasteiger partial charge in [-0.2, -0.15) is 0 Å². The standard InChI is InChI=1S/C11H15N3S3/c1-11(2,3)9-14-7(6-16-9)5-15-8-4-13-10(12)17-8/h4,6H,5H2,1-3H3,(H2,12,13). The lowest BCUT2D eigenvalue weighted by Gasteiger charge is -2.13. The number of rotatable bonds is 3. The van der Waals surface area contributed by atoms with Gasteiger partial charge in [-0.15, -0.1) is 23.1 Å². The molecule has 0 aliphatic heterocycles. The zero-order valence-electron chi connectivity index (χ0n) is 10.1. The summed E-state index contributed by atoms with van der Waals surface area (Å²) >= 11 is 5.00. The van der Waals surface area contributed by atoms with Gasteiger partial charge in [0.15, 0.2) is 5.13 Å². The lowest BCUT2D eigenvalue weighted by Crippen LogP contribution is -2.10. The molecule has 3 nitrogen and oxygen atoms in total. The summed E-state index contributed by atoms with van der Waals surface area (Å²) in [5, 5.41) is 3.95. The van der Waals surface area contributed by atoms with E-state index >= 15 is 0 Å². The molecule has 0 aliphatic carbocycles. The van der Waals surface area contributed by atoms with Crippen LogP contribution in [-0.4, -0.2) is 9.97 Å². The molecule has 0 atom stereocenters. The van der Waals surface area contributed by atoms with Crippen molar-refractivity contribution in [2.45, 2.75) is 36.1 Å². The van der Waals surface area contributed by atoms with E-state index in [0.29, 0.717) is 5.13 Å². The maximum absolute atomic E-state index is 5.59. The van der Waals surface area contributed by atoms with Gasteiger partial charge in [-0.1, -0.05) is 32.1 Å². The lowest BCUT2D eigenvalue weighted by molar-refractivity contribution is 0.584. The zero-order valence-corrected chi connectivity index (χ0v) is 12.5. The maximum atomic E-state index is 5.59. The quantitative estimate of drug-likeness (QED) is 0.872. The van der Waals surface area contributed by atoms with Crippen LogP contribution in [0.4, 0.5) is 5.13 Å². The Morgan fingerprint density at radius 2 is 2.18 bits per heavy atom. The van der Waals surface area contributed by atoms with Gasteiger partial charge in [0.25, 0.3) is 0 Å². The van der Waals surface area contributed by atoms with E-state index in [2.05, 4.69) is 36.1 Å². The van der Waals surface area contributed by atoms with Crippen LogP contribution in [0.2, 0.25) is 0 Å². The molecule has 6 heteroatoms. The largest absolute Gasteiger partial charge is 0.375 e. The van der Waals surface area contributed by atoms with Crippen molar-refractivity contribution in [3.63, 3.8) is 0 Å². The Balaban J connectivity index is 1.98. The zero-order chi connectivity index (χ0) is 12.5. The van der Waals surface area contributed by atoms with Crippen LogP contribution in [0.3, 0.4) is 0 Å². The molecule has 0 amide bonds. The van der Waals surface area contributed by atoms with Crippen molar-refractivity contribution in [3.8, 4) is 0 Å². The summed E-state index contributed by atoms with van der Waals surface area (Å²) in [4.78, 5) is 8.69. The third kappa shape index (κ3) is 3.43. The highest BCUT2D eigenvalue weighted by atomic mass is 32.2. The number of thioether (sulfide) groups is 1. The number of nitrogens with zero attached hydrogens (tertiary/aromatic N) is 2. The first-order valence-corrected chi connectivity index (χ1v) is 7.92. The van der Waals surface area contributed by atoms with E-state index < -0.39 is 0 Å². The number of anilines is 1. The van der Waals surface area contributed by atoms with E-state index in [-0.39, 0.29) is 5.41 Å². The van der Waals surface area contributed by atoms with E-state index in [4.69, 9.17) is 5.73 Å². The van der Waals surface area contributed by atoms with Crippen molar-refractivity contribution in [2.75, 3.05) is 5.73 Å². The van der Waals surface area contributed by atoms with Crippen molar-refractivity contribution < 1.29 is 0 Å². The summed E-state index contributed by atoms with van der Waals surface area (Å²) in [6.07, 6.45) is 1.82. The minimum Gasteiger partial charge on any atom is -0.375 e. The molecule has 0 bridgehead atoms. The van der Waals surface area contributed by atoms with Crippen LogP contribution in [-0.2, 0) is 11.2 Å². The fraction of sp³-hybridized carbons (Fsp3) is 0.455. The van der Waals surface area contributed by atoms with E-state index in [1.54, 1.807) is 23.1 Å². The number of hydrogen-bond acceptors (Lipinski definition) is 6. The van der Waals surface area contributed by atoms with Crippen molar-refractivity contribution in [1.82, 2.24) is 9.97 Å². The van der Waals surface area contributed by atoms with Gasteiger partial charge in [0.2, 0.25) is 0 Å². The summed E-state index contributed by atoms with van der Waals surface area (Å²) in [5.74, 6) is 0.883. The maximum Gasteiger partial charge on any atom is 0.181 e. The molecule has 0 fully saturated rings. The van der Waals surface area contributed by atoms with Crippen molar-refractivity contribution in [3.05, 3.63) is 22.3 Å². The summed E-state index contributed by atoms with van der Waals surface area (Å²) in [6, 6.07) is 0. The molecule has 2 N–H and O–H groups in total. The van der Waals surface area contributed by atoms with Gasteiger partial charge in [-0.3, -0.25) is 0 Å². The second-order valence-corrected chi connectivity index (χ2v) is 7.90. The van der Waals surface area contributed by atoms with E-state index in [0.717, 1.165) is 15.7 Å². The number of hydrogen-bond donors (Lipinski definition) is 1. The highest BCUT2D eigenvalue weighted by Gasteiger charge is 2.17. The minimum absolute atomic E-state index is 0.141. The van der Waals surface area contributed by atoms with E-state index in [9.17, 15) is 0 Å². The molecule has 0 saturated heterocycles. The monoisotopic (exact) mass is 285 g/mol. The summed E-state index contributed by atoms with van der Waals surface area (Å²) < 4.78 is 1.15. The van der Waals surface area contributed by atoms with Crippen LogP contribution >= 0.6 is 34.4 Å². The molecule has 17 heavy (non-hydrogen) atoms. The molecule has 0 aromatic carbocycles. The predicted molar refractivity (Wildman–Crippen MR) is 76.9 cm³/mol. The van der Waals surface area contributed by atoms with Crippen LogP contribution in [0, 0.1) is 0 Å². The molecule has 2 rings (SSSR count). The molecule has 92 valence electrons. The Bertz CT molecular complexity index is 496. The number of aromatic nitrogens is 2. The van der Waals surface area contributed by atoms with Gasteiger partial charge in [0.05, 0.1) is 21.1 Å². The van der Waals surface area contributed by atoms with Crippen LogP contribution in [0.25, 0.3) is 0 Å². The molecular weight excluding hydrogens is 270 g/mol. The molecule has 0 radical (unpaired) electrons. The molecule has 0 saturated carbocycles. The molecule has 0 unspecified atom stereocenters. The number of nitrogens with two attached hydrogens (primary N) is 1. The van der Waals surface area contributed by atoms with Crippen LogP contribution in [0.5, 0.6) is 0 Å². The van der Waals surface area contributed by atoms with E-state index in [1.807, 2.05) is 6.20 Å². The fourth-order valence-electron chi connectivity index (χ4n) is 1.20. The molecule has 2 aromatic heterocycles. The summed E-state index contributed by atoms with van der Waals surface area (Å²) in [5.41, 5.74) is 6.87. The normalized spacial score (nSPS) is 11.9. The summed E-state index contributed by atoms with van der Waals surface area (Å²) in [6.45, 7) is 6.56. The van der Waals surface area contributed by atoms with Crippen molar-refractivity contribution in [1.29, 1.82) is 0 Å². The average molecular weight is 285 g/mol. The van der Waals surface area contributed by atoms with Crippen molar-refractivity contribution in [2.24, 2.45) is 0 Å². The van der Waals surface area contributed by atoms with Gasteiger partial charge >= 0.3 is 0 Å². The Morgan fingerprint density at radius 1 is 1.41 bits per heavy atom. The van der Waals surface area contributed by atoms with Crippen molar-refractivity contribution >= 4 is 39.6 Å². The molecule has 0 aliphatic rings. The van der Waals surface area contributed by atoms with Gasteiger partial charge < -0.3 is 5.73 Å². The Kier molecular flexibility index (Phi) is 3.75.